The molecule has 0 unspecified atom stereocenters. The summed E-state index contributed by atoms with van der Waals surface area (Å²) < 4.78 is 0. The Labute approximate surface area is 143 Å². The maximum absolute atomic E-state index is 9.24. The summed E-state index contributed by atoms with van der Waals surface area (Å²) >= 11 is 0. The SMILES string of the molecule is Cc1nc(N[C@H](C)CO)cc(N2Cc3ccccc3C(C)(C)C2)n1. The Morgan fingerprint density at radius 3 is 2.79 bits per heavy atom. The van der Waals surface area contributed by atoms with Crippen molar-refractivity contribution in [1.29, 1.82) is 0 Å². The van der Waals surface area contributed by atoms with Crippen LogP contribution in [0.4, 0.5) is 11.6 Å². The van der Waals surface area contributed by atoms with Crippen LogP contribution in [-0.4, -0.2) is 34.3 Å². The van der Waals surface area contributed by atoms with Gasteiger partial charge in [-0.15, -0.1) is 0 Å². The van der Waals surface area contributed by atoms with Gasteiger partial charge in [-0.3, -0.25) is 0 Å². The molecule has 1 aliphatic heterocycles. The predicted molar refractivity (Wildman–Crippen MR) is 97.5 cm³/mol. The molecule has 0 aliphatic carbocycles. The predicted octanol–water partition coefficient (Wildman–Crippen LogP) is 2.88. The fraction of sp³-hybridized carbons (Fsp3) is 0.474. The lowest BCUT2D eigenvalue weighted by atomic mass is 9.78. The van der Waals surface area contributed by atoms with E-state index in [9.17, 15) is 5.11 Å². The van der Waals surface area contributed by atoms with Crippen molar-refractivity contribution < 1.29 is 5.11 Å². The number of anilines is 2. The minimum atomic E-state index is -0.0364. The molecule has 2 aromatic rings. The summed E-state index contributed by atoms with van der Waals surface area (Å²) in [6.45, 7) is 10.2. The lowest BCUT2D eigenvalue weighted by Gasteiger charge is -2.40. The molecule has 0 saturated heterocycles. The van der Waals surface area contributed by atoms with Gasteiger partial charge in [-0.05, 0) is 25.0 Å². The molecular weight excluding hydrogens is 300 g/mol. The molecule has 0 fully saturated rings. The van der Waals surface area contributed by atoms with Crippen molar-refractivity contribution in [3.05, 3.63) is 47.3 Å². The van der Waals surface area contributed by atoms with Gasteiger partial charge in [0.1, 0.15) is 17.5 Å². The van der Waals surface area contributed by atoms with Crippen molar-refractivity contribution in [2.24, 2.45) is 0 Å². The van der Waals surface area contributed by atoms with Gasteiger partial charge < -0.3 is 15.3 Å². The van der Waals surface area contributed by atoms with Gasteiger partial charge in [0.15, 0.2) is 0 Å². The summed E-state index contributed by atoms with van der Waals surface area (Å²) in [7, 11) is 0. The number of hydrogen-bond donors (Lipinski definition) is 2. The second kappa shape index (κ2) is 6.40. The van der Waals surface area contributed by atoms with Crippen LogP contribution >= 0.6 is 0 Å². The van der Waals surface area contributed by atoms with Crippen LogP contribution in [0.3, 0.4) is 0 Å². The minimum absolute atomic E-state index is 0.0364. The number of aromatic nitrogens is 2. The smallest absolute Gasteiger partial charge is 0.134 e. The molecule has 24 heavy (non-hydrogen) atoms. The third-order valence-electron chi connectivity index (χ3n) is 4.51. The molecule has 0 amide bonds. The van der Waals surface area contributed by atoms with Gasteiger partial charge in [0.2, 0.25) is 0 Å². The molecule has 1 aromatic carbocycles. The van der Waals surface area contributed by atoms with Gasteiger partial charge in [-0.2, -0.15) is 0 Å². The number of aliphatic hydroxyl groups excluding tert-OH is 1. The molecule has 5 nitrogen and oxygen atoms in total. The Morgan fingerprint density at radius 2 is 2.04 bits per heavy atom. The summed E-state index contributed by atoms with van der Waals surface area (Å²) in [6.07, 6.45) is 0. The van der Waals surface area contributed by atoms with Gasteiger partial charge in [0.05, 0.1) is 6.61 Å². The summed E-state index contributed by atoms with van der Waals surface area (Å²) in [5.74, 6) is 2.42. The number of aryl methyl sites for hydroxylation is 1. The molecule has 0 spiro atoms. The fourth-order valence-corrected chi connectivity index (χ4v) is 3.39. The summed E-state index contributed by atoms with van der Waals surface area (Å²) in [6, 6.07) is 10.6. The van der Waals surface area contributed by atoms with Crippen molar-refractivity contribution in [2.45, 2.75) is 45.7 Å². The first-order valence-electron chi connectivity index (χ1n) is 8.45. The van der Waals surface area contributed by atoms with Crippen LogP contribution in [0.25, 0.3) is 0 Å². The van der Waals surface area contributed by atoms with E-state index >= 15 is 0 Å². The molecule has 128 valence electrons. The molecule has 5 heteroatoms. The molecule has 0 radical (unpaired) electrons. The molecule has 0 bridgehead atoms. The summed E-state index contributed by atoms with van der Waals surface area (Å²) in [4.78, 5) is 11.4. The molecule has 2 N–H and O–H groups in total. The third kappa shape index (κ3) is 3.36. The molecule has 2 heterocycles. The Bertz CT molecular complexity index is 729. The monoisotopic (exact) mass is 326 g/mol. The topological polar surface area (TPSA) is 61.3 Å². The molecule has 0 saturated carbocycles. The van der Waals surface area contributed by atoms with Crippen LogP contribution in [0.2, 0.25) is 0 Å². The lowest BCUT2D eigenvalue weighted by molar-refractivity contribution is 0.281. The molecular formula is C19H26N4O. The van der Waals surface area contributed by atoms with Crippen molar-refractivity contribution >= 4 is 11.6 Å². The highest BCUT2D eigenvalue weighted by molar-refractivity contribution is 5.53. The number of hydrogen-bond acceptors (Lipinski definition) is 5. The highest BCUT2D eigenvalue weighted by Crippen LogP contribution is 2.35. The highest BCUT2D eigenvalue weighted by atomic mass is 16.3. The van der Waals surface area contributed by atoms with Gasteiger partial charge in [0, 0.05) is 30.6 Å². The average Bonchev–Trinajstić information content (AvgIpc) is 2.53. The summed E-state index contributed by atoms with van der Waals surface area (Å²) in [5, 5.41) is 12.5. The maximum Gasteiger partial charge on any atom is 0.134 e. The van der Waals surface area contributed by atoms with Crippen molar-refractivity contribution in [3.8, 4) is 0 Å². The molecule has 1 aliphatic rings. The Kier molecular flexibility index (Phi) is 4.45. The van der Waals surface area contributed by atoms with E-state index in [1.807, 2.05) is 19.9 Å². The first-order chi connectivity index (χ1) is 11.4. The van der Waals surface area contributed by atoms with E-state index in [-0.39, 0.29) is 18.1 Å². The first kappa shape index (κ1) is 16.7. The number of nitrogens with zero attached hydrogens (tertiary/aromatic N) is 3. The van der Waals surface area contributed by atoms with Crippen molar-refractivity contribution in [3.63, 3.8) is 0 Å². The average molecular weight is 326 g/mol. The zero-order chi connectivity index (χ0) is 17.3. The maximum atomic E-state index is 9.24. The molecule has 1 aromatic heterocycles. The number of rotatable bonds is 4. The quantitative estimate of drug-likeness (QED) is 0.905. The largest absolute Gasteiger partial charge is 0.394 e. The van der Waals surface area contributed by atoms with E-state index in [0.717, 1.165) is 30.5 Å². The number of nitrogens with one attached hydrogen (secondary N) is 1. The normalized spacial score (nSPS) is 17.3. The molecule has 3 rings (SSSR count). The third-order valence-corrected chi connectivity index (χ3v) is 4.51. The van der Waals surface area contributed by atoms with E-state index in [1.165, 1.54) is 11.1 Å². The van der Waals surface area contributed by atoms with E-state index in [4.69, 9.17) is 0 Å². The zero-order valence-electron chi connectivity index (χ0n) is 14.9. The van der Waals surface area contributed by atoms with E-state index in [1.54, 1.807) is 0 Å². The van der Waals surface area contributed by atoms with Crippen molar-refractivity contribution in [1.82, 2.24) is 9.97 Å². The van der Waals surface area contributed by atoms with Gasteiger partial charge >= 0.3 is 0 Å². The number of fused-ring (bicyclic) bond motifs is 1. The van der Waals surface area contributed by atoms with E-state index in [0.29, 0.717) is 0 Å². The van der Waals surface area contributed by atoms with Gasteiger partial charge in [-0.1, -0.05) is 38.1 Å². The van der Waals surface area contributed by atoms with Crippen molar-refractivity contribution in [2.75, 3.05) is 23.4 Å². The summed E-state index contributed by atoms with van der Waals surface area (Å²) in [5.41, 5.74) is 2.84. The van der Waals surface area contributed by atoms with Crippen LogP contribution in [0.1, 0.15) is 37.7 Å². The Morgan fingerprint density at radius 1 is 1.29 bits per heavy atom. The zero-order valence-corrected chi connectivity index (χ0v) is 14.9. The Hall–Kier alpha value is -2.14. The second-order valence-corrected chi connectivity index (χ2v) is 7.28. The lowest BCUT2D eigenvalue weighted by Crippen LogP contribution is -2.42. The van der Waals surface area contributed by atoms with E-state index in [2.05, 4.69) is 58.3 Å². The van der Waals surface area contributed by atoms with Crippen LogP contribution in [0.5, 0.6) is 0 Å². The van der Waals surface area contributed by atoms with Gasteiger partial charge in [-0.25, -0.2) is 9.97 Å². The molecule has 1 atom stereocenters. The minimum Gasteiger partial charge on any atom is -0.394 e. The van der Waals surface area contributed by atoms with Gasteiger partial charge in [0.25, 0.3) is 0 Å². The Balaban J connectivity index is 1.93. The van der Waals surface area contributed by atoms with Crippen LogP contribution in [-0.2, 0) is 12.0 Å². The van der Waals surface area contributed by atoms with E-state index < -0.39 is 0 Å². The van der Waals surface area contributed by atoms with Crippen LogP contribution in [0.15, 0.2) is 30.3 Å². The second-order valence-electron chi connectivity index (χ2n) is 7.28. The first-order valence-corrected chi connectivity index (χ1v) is 8.45. The standard InChI is InChI=1S/C19H26N4O/c1-13(11-24)20-17-9-18(22-14(2)21-17)23-10-15-7-5-6-8-16(15)19(3,4)12-23/h5-9,13,24H,10-12H2,1-4H3,(H,20,21,22)/t13-/m1/s1. The fourth-order valence-electron chi connectivity index (χ4n) is 3.39. The number of aliphatic hydroxyl groups is 1. The van der Waals surface area contributed by atoms with Crippen LogP contribution in [0, 0.1) is 6.92 Å². The highest BCUT2D eigenvalue weighted by Gasteiger charge is 2.32. The van der Waals surface area contributed by atoms with Crippen LogP contribution < -0.4 is 10.2 Å². The number of benzene rings is 1.